The third kappa shape index (κ3) is 3.25. The van der Waals surface area contributed by atoms with E-state index in [0.29, 0.717) is 0 Å². The number of ether oxygens (including phenoxy) is 2. The first-order chi connectivity index (χ1) is 5.86. The van der Waals surface area contributed by atoms with Gasteiger partial charge in [0.15, 0.2) is 6.29 Å². The lowest BCUT2D eigenvalue weighted by molar-refractivity contribution is -0.0881. The van der Waals surface area contributed by atoms with E-state index in [0.717, 1.165) is 0 Å². The third-order valence-corrected chi connectivity index (χ3v) is 6.28. The van der Waals surface area contributed by atoms with Crippen LogP contribution < -0.4 is 0 Å². The number of hydrogen-bond donors (Lipinski definition) is 0. The molecule has 0 bridgehead atoms. The van der Waals surface area contributed by atoms with E-state index in [1.807, 2.05) is 0 Å². The second-order valence-corrected chi connectivity index (χ2v) is 7.00. The van der Waals surface area contributed by atoms with Gasteiger partial charge in [-0.3, -0.25) is 0 Å². The minimum atomic E-state index is -0.469. The molecule has 72 valence electrons. The first-order valence-electron chi connectivity index (χ1n) is 4.92. The predicted molar refractivity (Wildman–Crippen MR) is 53.2 cm³/mol. The van der Waals surface area contributed by atoms with E-state index in [-0.39, 0.29) is 6.29 Å². The molecule has 0 spiro atoms. The highest BCUT2D eigenvalue weighted by molar-refractivity contribution is 6.59. The van der Waals surface area contributed by atoms with Crippen LogP contribution in [0.15, 0.2) is 0 Å². The van der Waals surface area contributed by atoms with Crippen LogP contribution >= 0.6 is 0 Å². The van der Waals surface area contributed by atoms with Crippen LogP contribution in [-0.4, -0.2) is 29.3 Å². The topological polar surface area (TPSA) is 18.5 Å². The molecule has 0 aromatic rings. The van der Waals surface area contributed by atoms with Crippen molar-refractivity contribution < 1.29 is 9.47 Å². The summed E-state index contributed by atoms with van der Waals surface area (Å²) in [4.78, 5) is 0. The molecule has 0 amide bonds. The van der Waals surface area contributed by atoms with Crippen LogP contribution in [0, 0.1) is 0 Å². The summed E-state index contributed by atoms with van der Waals surface area (Å²) >= 11 is 0. The Morgan fingerprint density at radius 2 is 1.67 bits per heavy atom. The summed E-state index contributed by atoms with van der Waals surface area (Å²) in [5.74, 6) is 0. The molecule has 0 aromatic heterocycles. The van der Waals surface area contributed by atoms with Crippen LogP contribution in [-0.2, 0) is 9.47 Å². The maximum atomic E-state index is 5.21. The van der Waals surface area contributed by atoms with E-state index in [1.54, 1.807) is 14.2 Å². The van der Waals surface area contributed by atoms with Gasteiger partial charge in [0.1, 0.15) is 0 Å². The van der Waals surface area contributed by atoms with Crippen molar-refractivity contribution in [3.05, 3.63) is 0 Å². The SMILES string of the molecule is COC(C[SiH]1CCCCC1)OC. The maximum absolute atomic E-state index is 5.21. The van der Waals surface area contributed by atoms with Gasteiger partial charge in [0.2, 0.25) is 0 Å². The van der Waals surface area contributed by atoms with Gasteiger partial charge in [0.25, 0.3) is 0 Å². The molecule has 1 fully saturated rings. The van der Waals surface area contributed by atoms with Crippen LogP contribution in [0.5, 0.6) is 0 Å². The van der Waals surface area contributed by atoms with Crippen molar-refractivity contribution >= 4 is 8.80 Å². The monoisotopic (exact) mass is 188 g/mol. The summed E-state index contributed by atoms with van der Waals surface area (Å²) in [6, 6.07) is 4.22. The van der Waals surface area contributed by atoms with Gasteiger partial charge in [-0.2, -0.15) is 0 Å². The smallest absolute Gasteiger partial charge is 0.154 e. The standard InChI is InChI=1S/C9H20O2Si/c1-10-9(11-2)8-12-6-4-3-5-7-12/h9,12H,3-8H2,1-2H3. The number of rotatable bonds is 4. The molecular weight excluding hydrogens is 168 g/mol. The first-order valence-corrected chi connectivity index (χ1v) is 7.37. The molecule has 0 radical (unpaired) electrons. The fourth-order valence-electron chi connectivity index (χ4n) is 1.98. The highest BCUT2D eigenvalue weighted by Gasteiger charge is 2.19. The predicted octanol–water partition coefficient (Wildman–Crippen LogP) is 2.02. The van der Waals surface area contributed by atoms with Crippen LogP contribution in [0.3, 0.4) is 0 Å². The van der Waals surface area contributed by atoms with Gasteiger partial charge in [-0.15, -0.1) is 0 Å². The van der Waals surface area contributed by atoms with Crippen molar-refractivity contribution in [2.75, 3.05) is 14.2 Å². The average molecular weight is 188 g/mol. The van der Waals surface area contributed by atoms with Gasteiger partial charge in [-0.1, -0.05) is 31.4 Å². The Labute approximate surface area is 76.9 Å². The molecule has 1 rings (SSSR count). The molecule has 0 aliphatic carbocycles. The Hall–Kier alpha value is 0.137. The van der Waals surface area contributed by atoms with E-state index < -0.39 is 8.80 Å². The summed E-state index contributed by atoms with van der Waals surface area (Å²) in [6.45, 7) is 0. The van der Waals surface area contributed by atoms with Crippen LogP contribution in [0.25, 0.3) is 0 Å². The van der Waals surface area contributed by atoms with Crippen molar-refractivity contribution in [1.82, 2.24) is 0 Å². The molecule has 0 unspecified atom stereocenters. The van der Waals surface area contributed by atoms with Gasteiger partial charge in [0.05, 0.1) is 0 Å². The normalized spacial score (nSPS) is 20.2. The second-order valence-electron chi connectivity index (χ2n) is 3.64. The summed E-state index contributed by atoms with van der Waals surface area (Å²) in [5.41, 5.74) is 0. The van der Waals surface area contributed by atoms with Crippen LogP contribution in [0.1, 0.15) is 19.3 Å². The Kier molecular flexibility index (Phi) is 4.88. The lowest BCUT2D eigenvalue weighted by atomic mass is 10.3. The molecule has 12 heavy (non-hydrogen) atoms. The molecule has 1 aliphatic rings. The Morgan fingerprint density at radius 3 is 2.17 bits per heavy atom. The Bertz CT molecular complexity index is 109. The Balaban J connectivity index is 2.18. The number of hydrogen-bond acceptors (Lipinski definition) is 2. The van der Waals surface area contributed by atoms with Crippen LogP contribution in [0.2, 0.25) is 18.1 Å². The van der Waals surface area contributed by atoms with Gasteiger partial charge in [0, 0.05) is 23.0 Å². The van der Waals surface area contributed by atoms with E-state index >= 15 is 0 Å². The molecule has 0 aromatic carbocycles. The van der Waals surface area contributed by atoms with E-state index in [4.69, 9.17) is 9.47 Å². The molecule has 0 N–H and O–H groups in total. The van der Waals surface area contributed by atoms with Gasteiger partial charge in [-0.05, 0) is 6.04 Å². The highest BCUT2D eigenvalue weighted by Crippen LogP contribution is 2.23. The lowest BCUT2D eigenvalue weighted by Crippen LogP contribution is -2.25. The highest BCUT2D eigenvalue weighted by atomic mass is 28.3. The zero-order valence-corrected chi connectivity index (χ0v) is 9.37. The van der Waals surface area contributed by atoms with Crippen molar-refractivity contribution in [3.63, 3.8) is 0 Å². The molecule has 0 saturated carbocycles. The van der Waals surface area contributed by atoms with Gasteiger partial charge < -0.3 is 9.47 Å². The largest absolute Gasteiger partial charge is 0.356 e. The molecule has 2 nitrogen and oxygen atoms in total. The van der Waals surface area contributed by atoms with Gasteiger partial charge in [-0.25, -0.2) is 0 Å². The molecule has 1 heterocycles. The summed E-state index contributed by atoms with van der Waals surface area (Å²) < 4.78 is 10.4. The minimum absolute atomic E-state index is 0.0831. The maximum Gasteiger partial charge on any atom is 0.154 e. The van der Waals surface area contributed by atoms with Crippen molar-refractivity contribution in [2.45, 2.75) is 43.7 Å². The zero-order chi connectivity index (χ0) is 8.81. The summed E-state index contributed by atoms with van der Waals surface area (Å²) in [5, 5.41) is 0. The fraction of sp³-hybridized carbons (Fsp3) is 1.00. The number of methoxy groups -OCH3 is 2. The zero-order valence-electron chi connectivity index (χ0n) is 8.21. The van der Waals surface area contributed by atoms with Crippen molar-refractivity contribution in [2.24, 2.45) is 0 Å². The molecular formula is C9H20O2Si. The van der Waals surface area contributed by atoms with Crippen molar-refractivity contribution in [1.29, 1.82) is 0 Å². The van der Waals surface area contributed by atoms with Crippen LogP contribution in [0.4, 0.5) is 0 Å². The summed E-state index contributed by atoms with van der Waals surface area (Å²) in [6.07, 6.45) is 4.45. The first kappa shape index (κ1) is 10.2. The minimum Gasteiger partial charge on any atom is -0.356 e. The average Bonchev–Trinajstić information content (AvgIpc) is 2.16. The van der Waals surface area contributed by atoms with E-state index in [1.165, 1.54) is 37.4 Å². The quantitative estimate of drug-likeness (QED) is 0.496. The molecule has 3 heteroatoms. The molecule has 0 atom stereocenters. The Morgan fingerprint density at radius 1 is 1.08 bits per heavy atom. The van der Waals surface area contributed by atoms with Crippen molar-refractivity contribution in [3.8, 4) is 0 Å². The lowest BCUT2D eigenvalue weighted by Gasteiger charge is -2.23. The molecule has 1 aliphatic heterocycles. The molecule has 1 saturated heterocycles. The fourth-order valence-corrected chi connectivity index (χ4v) is 5.41. The van der Waals surface area contributed by atoms with E-state index in [9.17, 15) is 0 Å². The third-order valence-electron chi connectivity index (χ3n) is 2.78. The van der Waals surface area contributed by atoms with Gasteiger partial charge >= 0.3 is 0 Å². The second kappa shape index (κ2) is 5.73. The van der Waals surface area contributed by atoms with E-state index in [2.05, 4.69) is 0 Å². The summed E-state index contributed by atoms with van der Waals surface area (Å²) in [7, 11) is 3.01.